The maximum Gasteiger partial charge on any atom is 0.326 e. The molecule has 11 nitrogen and oxygen atoms in total. The summed E-state index contributed by atoms with van der Waals surface area (Å²) >= 11 is 12.7. The number of carboxylic acids is 2. The number of nitrogens with zero attached hydrogens (tertiary/aromatic N) is 5. The van der Waals surface area contributed by atoms with Crippen LogP contribution in [0.4, 0.5) is 5.82 Å². The van der Waals surface area contributed by atoms with E-state index in [1.165, 1.54) is 9.80 Å². The van der Waals surface area contributed by atoms with E-state index < -0.39 is 24.0 Å². The van der Waals surface area contributed by atoms with Gasteiger partial charge in [-0.1, -0.05) is 89.9 Å². The minimum atomic E-state index is -1.00. The molecule has 0 bridgehead atoms. The Balaban J connectivity index is 0.000000185. The van der Waals surface area contributed by atoms with Crippen LogP contribution in [0.2, 0.25) is 10.0 Å². The number of benzene rings is 4. The highest BCUT2D eigenvalue weighted by atomic mass is 35.5. The SMILES string of the molecule is CN(C)c1ccc(-c2ccc(C(=O)N3[C@@H](c4ccccc4Cl)CC[C@H]3C(=O)O)cc2)cn1.O=C(O)[C@@H]1CC[C@H](c2ccccc2Cl)N1C(=O)c1ccc(-c2cccnc2)cc1. The van der Waals surface area contributed by atoms with Crippen molar-refractivity contribution in [1.29, 1.82) is 0 Å². The molecule has 8 rings (SSSR count). The monoisotopic (exact) mass is 855 g/mol. The van der Waals surface area contributed by atoms with Crippen LogP contribution in [0.3, 0.4) is 0 Å². The quantitative estimate of drug-likeness (QED) is 0.145. The van der Waals surface area contributed by atoms with Crippen LogP contribution >= 0.6 is 23.2 Å². The average Bonchev–Trinajstić information content (AvgIpc) is 3.93. The molecule has 0 radical (unpaired) electrons. The van der Waals surface area contributed by atoms with Crippen LogP contribution in [0.25, 0.3) is 22.3 Å². The van der Waals surface area contributed by atoms with E-state index in [1.54, 1.807) is 55.0 Å². The number of anilines is 1. The molecule has 4 heterocycles. The molecule has 2 fully saturated rings. The van der Waals surface area contributed by atoms with Crippen molar-refractivity contribution >= 4 is 52.8 Å². The Labute approximate surface area is 363 Å². The number of carboxylic acid groups (broad SMARTS) is 2. The van der Waals surface area contributed by atoms with Gasteiger partial charge in [0, 0.05) is 59.4 Å². The number of hydrogen-bond acceptors (Lipinski definition) is 7. The molecule has 0 aliphatic carbocycles. The van der Waals surface area contributed by atoms with Gasteiger partial charge < -0.3 is 24.9 Å². The number of carbonyl (C=O) groups is 4. The topological polar surface area (TPSA) is 144 Å². The van der Waals surface area contributed by atoms with Gasteiger partial charge in [-0.25, -0.2) is 14.6 Å². The molecule has 2 aliphatic rings. The summed E-state index contributed by atoms with van der Waals surface area (Å²) in [5.74, 6) is -1.76. The fraction of sp³-hybridized carbons (Fsp3) is 0.208. The van der Waals surface area contributed by atoms with Gasteiger partial charge in [0.1, 0.15) is 17.9 Å². The second kappa shape index (κ2) is 18.8. The van der Waals surface area contributed by atoms with E-state index in [0.717, 1.165) is 39.2 Å². The molecular weight excluding hydrogens is 813 g/mol. The maximum atomic E-state index is 13.4. The summed E-state index contributed by atoms with van der Waals surface area (Å²) in [7, 11) is 3.86. The van der Waals surface area contributed by atoms with Gasteiger partial charge in [-0.15, -0.1) is 0 Å². The first-order valence-corrected chi connectivity index (χ1v) is 20.5. The molecule has 2 amide bonds. The first-order valence-electron chi connectivity index (χ1n) is 19.8. The Bertz CT molecular complexity index is 2520. The number of likely N-dealkylation sites (tertiary alicyclic amines) is 2. The highest BCUT2D eigenvalue weighted by molar-refractivity contribution is 6.31. The van der Waals surface area contributed by atoms with E-state index in [1.807, 2.05) is 104 Å². The molecule has 4 atom stereocenters. The van der Waals surface area contributed by atoms with Crippen LogP contribution in [-0.4, -0.2) is 79.9 Å². The fourth-order valence-corrected chi connectivity index (χ4v) is 8.56. The van der Waals surface area contributed by atoms with E-state index in [2.05, 4.69) is 9.97 Å². The third-order valence-corrected chi connectivity index (χ3v) is 11.8. The van der Waals surface area contributed by atoms with Gasteiger partial charge >= 0.3 is 11.9 Å². The van der Waals surface area contributed by atoms with Gasteiger partial charge in [-0.3, -0.25) is 14.6 Å². The van der Waals surface area contributed by atoms with Gasteiger partial charge in [0.05, 0.1) is 12.1 Å². The molecule has 4 aromatic carbocycles. The van der Waals surface area contributed by atoms with Gasteiger partial charge in [-0.2, -0.15) is 0 Å². The molecule has 0 saturated carbocycles. The lowest BCUT2D eigenvalue weighted by molar-refractivity contribution is -0.142. The van der Waals surface area contributed by atoms with E-state index in [0.29, 0.717) is 46.9 Å². The summed E-state index contributed by atoms with van der Waals surface area (Å²) in [4.78, 5) is 63.8. The molecule has 2 aliphatic heterocycles. The Kier molecular flexibility index (Phi) is 13.1. The van der Waals surface area contributed by atoms with Crippen LogP contribution < -0.4 is 4.90 Å². The number of pyridine rings is 2. The molecule has 6 aromatic rings. The number of hydrogen-bond donors (Lipinski definition) is 2. The van der Waals surface area contributed by atoms with Crippen molar-refractivity contribution in [3.63, 3.8) is 0 Å². The number of halogens is 2. The van der Waals surface area contributed by atoms with E-state index in [4.69, 9.17) is 23.2 Å². The van der Waals surface area contributed by atoms with Crippen LogP contribution in [0.15, 0.2) is 140 Å². The second-order valence-corrected chi connectivity index (χ2v) is 15.9. The predicted octanol–water partition coefficient (Wildman–Crippen LogP) is 9.73. The van der Waals surface area contributed by atoms with Crippen LogP contribution in [0.5, 0.6) is 0 Å². The summed E-state index contributed by atoms with van der Waals surface area (Å²) in [6.07, 6.45) is 7.14. The Hall–Kier alpha value is -6.56. The first-order chi connectivity index (χ1) is 29.4. The largest absolute Gasteiger partial charge is 0.480 e. The molecule has 13 heteroatoms. The third kappa shape index (κ3) is 9.28. The smallest absolute Gasteiger partial charge is 0.326 e. The van der Waals surface area contributed by atoms with Crippen molar-refractivity contribution in [2.24, 2.45) is 0 Å². The number of amides is 2. The molecule has 2 N–H and O–H groups in total. The van der Waals surface area contributed by atoms with Crippen LogP contribution in [0.1, 0.15) is 69.6 Å². The van der Waals surface area contributed by atoms with E-state index >= 15 is 0 Å². The summed E-state index contributed by atoms with van der Waals surface area (Å²) in [5.41, 5.74) is 6.19. The zero-order valence-corrected chi connectivity index (χ0v) is 34.9. The lowest BCUT2D eigenvalue weighted by Gasteiger charge is -2.29. The first kappa shape index (κ1) is 42.6. The van der Waals surface area contributed by atoms with E-state index in [-0.39, 0.29) is 23.9 Å². The van der Waals surface area contributed by atoms with Crippen LogP contribution in [-0.2, 0) is 9.59 Å². The lowest BCUT2D eigenvalue weighted by atomic mass is 10.0. The Morgan fingerprint density at radius 3 is 1.38 bits per heavy atom. The molecule has 0 unspecified atom stereocenters. The van der Waals surface area contributed by atoms with Crippen molar-refractivity contribution < 1.29 is 29.4 Å². The normalized spacial score (nSPS) is 18.2. The molecule has 0 spiro atoms. The highest BCUT2D eigenvalue weighted by Crippen LogP contribution is 2.42. The Morgan fingerprint density at radius 2 is 1.00 bits per heavy atom. The predicted molar refractivity (Wildman–Crippen MR) is 236 cm³/mol. The second-order valence-electron chi connectivity index (χ2n) is 15.1. The van der Waals surface area contributed by atoms with Crippen molar-refractivity contribution in [3.05, 3.63) is 172 Å². The zero-order valence-electron chi connectivity index (χ0n) is 33.4. The van der Waals surface area contributed by atoms with Gasteiger partial charge in [-0.05, 0) is 108 Å². The highest BCUT2D eigenvalue weighted by Gasteiger charge is 2.44. The zero-order chi connectivity index (χ0) is 43.2. The number of rotatable bonds is 9. The fourth-order valence-electron chi connectivity index (χ4n) is 8.04. The van der Waals surface area contributed by atoms with Crippen molar-refractivity contribution in [1.82, 2.24) is 19.8 Å². The molecule has 2 aromatic heterocycles. The molecule has 2 saturated heterocycles. The minimum absolute atomic E-state index is 0.308. The summed E-state index contributed by atoms with van der Waals surface area (Å²) in [6, 6.07) is 34.1. The third-order valence-electron chi connectivity index (χ3n) is 11.1. The molecule has 61 heavy (non-hydrogen) atoms. The summed E-state index contributed by atoms with van der Waals surface area (Å²) in [5, 5.41) is 20.5. The summed E-state index contributed by atoms with van der Waals surface area (Å²) in [6.45, 7) is 0. The van der Waals surface area contributed by atoms with Gasteiger partial charge in [0.15, 0.2) is 0 Å². The molecular formula is C48H43Cl2N5O6. The van der Waals surface area contributed by atoms with Crippen molar-refractivity contribution in [3.8, 4) is 22.3 Å². The maximum absolute atomic E-state index is 13.4. The van der Waals surface area contributed by atoms with E-state index in [9.17, 15) is 29.4 Å². The number of carbonyl (C=O) groups excluding carboxylic acids is 2. The number of aromatic nitrogens is 2. The average molecular weight is 857 g/mol. The lowest BCUT2D eigenvalue weighted by Crippen LogP contribution is -2.41. The standard InChI is InChI=1S/C25H24ClN3O3.C23H19ClN2O3/c1-28(2)23-14-11-18(15-27-23)16-7-9-17(10-8-16)24(30)29-21(12-13-22(29)25(31)32)19-5-3-4-6-20(19)26;24-19-6-2-1-5-18(19)20-11-12-21(23(28)29)26(20)22(27)16-9-7-15(8-10-16)17-4-3-13-25-14-17/h3-11,14-15,21-22H,12-13H2,1-2H3,(H,31,32);1-10,13-14,20-21H,11-12H2,(H,28,29)/t21-,22+;20-,21+/m11/s1. The van der Waals surface area contributed by atoms with Gasteiger partial charge in [0.2, 0.25) is 0 Å². The molecule has 310 valence electrons. The van der Waals surface area contributed by atoms with Crippen molar-refractivity contribution in [2.45, 2.75) is 49.9 Å². The van der Waals surface area contributed by atoms with Crippen molar-refractivity contribution in [2.75, 3.05) is 19.0 Å². The van der Waals surface area contributed by atoms with Crippen LogP contribution in [0, 0.1) is 0 Å². The van der Waals surface area contributed by atoms with Gasteiger partial charge in [0.25, 0.3) is 11.8 Å². The minimum Gasteiger partial charge on any atom is -0.480 e. The Morgan fingerprint density at radius 1 is 0.557 bits per heavy atom. The summed E-state index contributed by atoms with van der Waals surface area (Å²) < 4.78 is 0. The number of aliphatic carboxylic acids is 2.